The third-order valence-corrected chi connectivity index (χ3v) is 4.71. The second-order valence-electron chi connectivity index (χ2n) is 6.58. The molecule has 1 aromatic rings. The maximum absolute atomic E-state index is 9.59. The van der Waals surface area contributed by atoms with Gasteiger partial charge < -0.3 is 10.2 Å². The predicted molar refractivity (Wildman–Crippen MR) is 104 cm³/mol. The van der Waals surface area contributed by atoms with Crippen LogP contribution in [0, 0.1) is 0 Å². The molecule has 0 aliphatic carbocycles. The number of halogens is 1. The highest BCUT2D eigenvalue weighted by molar-refractivity contribution is 6.33. The van der Waals surface area contributed by atoms with E-state index >= 15 is 0 Å². The van der Waals surface area contributed by atoms with Gasteiger partial charge in [-0.3, -0.25) is 0 Å². The van der Waals surface area contributed by atoms with E-state index in [4.69, 9.17) is 11.6 Å². The van der Waals surface area contributed by atoms with Gasteiger partial charge in [0.2, 0.25) is 0 Å². The highest BCUT2D eigenvalue weighted by atomic mass is 35.5. The summed E-state index contributed by atoms with van der Waals surface area (Å²) >= 11 is 5.73. The SMILES string of the molecule is CCCCCC/C=C\CCCCCCCc1cc(O)c(Cl)c(O)c1. The number of rotatable bonds is 13. The average Bonchev–Trinajstić information content (AvgIpc) is 2.56. The van der Waals surface area contributed by atoms with Crippen molar-refractivity contribution in [2.24, 2.45) is 0 Å². The second kappa shape index (κ2) is 13.2. The average molecular weight is 353 g/mol. The summed E-state index contributed by atoms with van der Waals surface area (Å²) in [6, 6.07) is 3.29. The van der Waals surface area contributed by atoms with Crippen LogP contribution in [0.25, 0.3) is 0 Å². The number of allylic oxidation sites excluding steroid dienone is 2. The van der Waals surface area contributed by atoms with Gasteiger partial charge in [-0.2, -0.15) is 0 Å². The summed E-state index contributed by atoms with van der Waals surface area (Å²) in [5.41, 5.74) is 0.945. The van der Waals surface area contributed by atoms with Crippen LogP contribution in [0.2, 0.25) is 5.02 Å². The van der Waals surface area contributed by atoms with Crippen LogP contribution in [-0.4, -0.2) is 10.2 Å². The summed E-state index contributed by atoms with van der Waals surface area (Å²) in [5.74, 6) is -0.0682. The molecule has 3 heteroatoms. The molecule has 0 radical (unpaired) electrons. The van der Waals surface area contributed by atoms with Gasteiger partial charge >= 0.3 is 0 Å². The zero-order valence-corrected chi connectivity index (χ0v) is 15.8. The van der Waals surface area contributed by atoms with E-state index in [0.717, 1.165) is 18.4 Å². The minimum absolute atomic E-state index is 0.0341. The molecule has 24 heavy (non-hydrogen) atoms. The van der Waals surface area contributed by atoms with Crippen LogP contribution in [0.5, 0.6) is 11.5 Å². The molecule has 0 saturated carbocycles. The number of hydrogen-bond acceptors (Lipinski definition) is 2. The fraction of sp³-hybridized carbons (Fsp3) is 0.619. The van der Waals surface area contributed by atoms with Gasteiger partial charge in [-0.25, -0.2) is 0 Å². The molecule has 0 atom stereocenters. The van der Waals surface area contributed by atoms with Gasteiger partial charge in [0.05, 0.1) is 0 Å². The summed E-state index contributed by atoms with van der Waals surface area (Å²) in [6.45, 7) is 2.25. The molecule has 136 valence electrons. The van der Waals surface area contributed by atoms with Gasteiger partial charge in [0.15, 0.2) is 0 Å². The lowest BCUT2D eigenvalue weighted by Gasteiger charge is -2.06. The number of benzene rings is 1. The predicted octanol–water partition coefficient (Wildman–Crippen LogP) is 7.16. The smallest absolute Gasteiger partial charge is 0.138 e. The van der Waals surface area contributed by atoms with Crippen molar-refractivity contribution in [3.63, 3.8) is 0 Å². The third-order valence-electron chi connectivity index (χ3n) is 4.32. The van der Waals surface area contributed by atoms with E-state index in [1.807, 2.05) is 0 Å². The highest BCUT2D eigenvalue weighted by Gasteiger charge is 2.06. The summed E-state index contributed by atoms with van der Waals surface area (Å²) in [7, 11) is 0. The van der Waals surface area contributed by atoms with E-state index in [1.165, 1.54) is 64.2 Å². The lowest BCUT2D eigenvalue weighted by atomic mass is 10.0. The van der Waals surface area contributed by atoms with Gasteiger partial charge in [-0.1, -0.05) is 69.2 Å². The number of phenolic OH excluding ortho intramolecular Hbond substituents is 2. The van der Waals surface area contributed by atoms with Crippen LogP contribution in [0.4, 0.5) is 0 Å². The Hall–Kier alpha value is -1.15. The lowest BCUT2D eigenvalue weighted by molar-refractivity contribution is 0.449. The van der Waals surface area contributed by atoms with E-state index in [0.29, 0.717) is 0 Å². The van der Waals surface area contributed by atoms with Gasteiger partial charge in [-0.05, 0) is 56.2 Å². The maximum Gasteiger partial charge on any atom is 0.138 e. The van der Waals surface area contributed by atoms with Crippen molar-refractivity contribution in [1.29, 1.82) is 0 Å². The quantitative estimate of drug-likeness (QED) is 0.292. The zero-order valence-electron chi connectivity index (χ0n) is 15.1. The summed E-state index contributed by atoms with van der Waals surface area (Å²) < 4.78 is 0. The van der Waals surface area contributed by atoms with Crippen LogP contribution in [0.1, 0.15) is 83.1 Å². The molecule has 0 heterocycles. The Labute approximate surface area is 152 Å². The van der Waals surface area contributed by atoms with Crippen molar-refractivity contribution >= 4 is 11.6 Å². The molecule has 0 fully saturated rings. The Morgan fingerprint density at radius 1 is 0.792 bits per heavy atom. The molecule has 0 spiro atoms. The molecule has 0 saturated heterocycles. The molecule has 0 aromatic heterocycles. The third kappa shape index (κ3) is 9.22. The number of aryl methyl sites for hydroxylation is 1. The largest absolute Gasteiger partial charge is 0.506 e. The number of phenols is 2. The van der Waals surface area contributed by atoms with Crippen molar-refractivity contribution in [2.75, 3.05) is 0 Å². The topological polar surface area (TPSA) is 40.5 Å². The van der Waals surface area contributed by atoms with Crippen molar-refractivity contribution in [1.82, 2.24) is 0 Å². The number of hydrogen-bond donors (Lipinski definition) is 2. The molecule has 2 nitrogen and oxygen atoms in total. The molecule has 1 rings (SSSR count). The number of unbranched alkanes of at least 4 members (excludes halogenated alkanes) is 9. The highest BCUT2D eigenvalue weighted by Crippen LogP contribution is 2.34. The Morgan fingerprint density at radius 2 is 1.29 bits per heavy atom. The Kier molecular flexibility index (Phi) is 11.5. The van der Waals surface area contributed by atoms with E-state index < -0.39 is 0 Å². The molecule has 0 unspecified atom stereocenters. The first-order valence-electron chi connectivity index (χ1n) is 9.50. The van der Waals surface area contributed by atoms with Gasteiger partial charge in [0.25, 0.3) is 0 Å². The Balaban J connectivity index is 1.98. The van der Waals surface area contributed by atoms with E-state index in [2.05, 4.69) is 19.1 Å². The van der Waals surface area contributed by atoms with Crippen LogP contribution in [0.3, 0.4) is 0 Å². The van der Waals surface area contributed by atoms with E-state index in [1.54, 1.807) is 12.1 Å². The first-order valence-corrected chi connectivity index (χ1v) is 9.88. The molecular formula is C21H33ClO2. The minimum Gasteiger partial charge on any atom is -0.506 e. The van der Waals surface area contributed by atoms with Crippen molar-refractivity contribution in [3.05, 3.63) is 34.9 Å². The van der Waals surface area contributed by atoms with Gasteiger partial charge in [-0.15, -0.1) is 0 Å². The Bertz CT molecular complexity index is 460. The van der Waals surface area contributed by atoms with Crippen LogP contribution >= 0.6 is 11.6 Å². The van der Waals surface area contributed by atoms with Crippen molar-refractivity contribution in [3.8, 4) is 11.5 Å². The van der Waals surface area contributed by atoms with Gasteiger partial charge in [0, 0.05) is 0 Å². The minimum atomic E-state index is -0.0341. The molecule has 0 aliphatic rings. The summed E-state index contributed by atoms with van der Waals surface area (Å²) in [4.78, 5) is 0. The fourth-order valence-corrected chi connectivity index (χ4v) is 2.95. The first kappa shape index (κ1) is 20.9. The molecule has 0 bridgehead atoms. The van der Waals surface area contributed by atoms with Crippen LogP contribution < -0.4 is 0 Å². The first-order chi connectivity index (χ1) is 11.6. The molecule has 0 aliphatic heterocycles. The zero-order chi connectivity index (χ0) is 17.6. The van der Waals surface area contributed by atoms with Crippen LogP contribution in [-0.2, 0) is 6.42 Å². The molecule has 0 amide bonds. The molecule has 2 N–H and O–H groups in total. The summed E-state index contributed by atoms with van der Waals surface area (Å²) in [6.07, 6.45) is 19.4. The van der Waals surface area contributed by atoms with Crippen molar-refractivity contribution < 1.29 is 10.2 Å². The van der Waals surface area contributed by atoms with Gasteiger partial charge in [0.1, 0.15) is 16.5 Å². The fourth-order valence-electron chi connectivity index (χ4n) is 2.84. The normalized spacial score (nSPS) is 11.4. The summed E-state index contributed by atoms with van der Waals surface area (Å²) in [5, 5.41) is 19.2. The van der Waals surface area contributed by atoms with Crippen LogP contribution in [0.15, 0.2) is 24.3 Å². The van der Waals surface area contributed by atoms with Crippen molar-refractivity contribution in [2.45, 2.75) is 84.0 Å². The Morgan fingerprint density at radius 3 is 1.88 bits per heavy atom. The second-order valence-corrected chi connectivity index (χ2v) is 6.95. The standard InChI is InChI=1S/C21H33ClO2/c1-2-3-4-5-6-7-8-9-10-11-12-13-14-15-18-16-19(23)21(22)20(24)17-18/h7-8,16-17,23-24H,2-6,9-15H2,1H3/b8-7-. The number of aromatic hydroxyl groups is 2. The molecular weight excluding hydrogens is 320 g/mol. The van der Waals surface area contributed by atoms with E-state index in [9.17, 15) is 10.2 Å². The molecule has 1 aromatic carbocycles. The lowest BCUT2D eigenvalue weighted by Crippen LogP contribution is -1.87. The monoisotopic (exact) mass is 352 g/mol. The maximum atomic E-state index is 9.59. The van der Waals surface area contributed by atoms with E-state index in [-0.39, 0.29) is 16.5 Å².